The largest absolute Gasteiger partial charge is 0.339 e. The van der Waals surface area contributed by atoms with Crippen molar-refractivity contribution in [3.63, 3.8) is 0 Å². The van der Waals surface area contributed by atoms with Crippen LogP contribution in [-0.4, -0.2) is 35.0 Å². The molecule has 1 aromatic rings. The average Bonchev–Trinajstić information content (AvgIpc) is 2.85. The lowest BCUT2D eigenvalue weighted by atomic mass is 9.78. The van der Waals surface area contributed by atoms with Crippen molar-refractivity contribution in [1.29, 1.82) is 0 Å². The van der Waals surface area contributed by atoms with Gasteiger partial charge in [-0.2, -0.15) is 0 Å². The maximum Gasteiger partial charge on any atom is 0.224 e. The Morgan fingerprint density at radius 1 is 1.04 bits per heavy atom. The molecule has 1 aromatic carbocycles. The van der Waals surface area contributed by atoms with E-state index in [2.05, 4.69) is 0 Å². The summed E-state index contributed by atoms with van der Waals surface area (Å²) in [7, 11) is 0. The molecule has 0 radical (unpaired) electrons. The summed E-state index contributed by atoms with van der Waals surface area (Å²) in [5, 5.41) is 0. The lowest BCUT2D eigenvalue weighted by molar-refractivity contribution is -0.138. The first-order valence-electron chi connectivity index (χ1n) is 9.55. The number of hydrogen-bond donors (Lipinski definition) is 0. The molecule has 0 spiro atoms. The Morgan fingerprint density at radius 3 is 2.60 bits per heavy atom. The smallest absolute Gasteiger partial charge is 0.224 e. The first-order valence-corrected chi connectivity index (χ1v) is 9.55. The van der Waals surface area contributed by atoms with E-state index in [-0.39, 0.29) is 23.9 Å². The van der Waals surface area contributed by atoms with E-state index in [0.29, 0.717) is 23.1 Å². The first kappa shape index (κ1) is 16.5. The van der Waals surface area contributed by atoms with Crippen LogP contribution in [0.3, 0.4) is 0 Å². The van der Waals surface area contributed by atoms with E-state index >= 15 is 0 Å². The van der Waals surface area contributed by atoms with E-state index in [4.69, 9.17) is 0 Å². The van der Waals surface area contributed by atoms with Gasteiger partial charge < -0.3 is 4.90 Å². The lowest BCUT2D eigenvalue weighted by Crippen LogP contribution is -2.50. The first-order chi connectivity index (χ1) is 12.1. The van der Waals surface area contributed by atoms with Crippen molar-refractivity contribution in [2.45, 2.75) is 57.9 Å². The van der Waals surface area contributed by atoms with Crippen LogP contribution in [0.5, 0.6) is 0 Å². The molecule has 132 valence electrons. The van der Waals surface area contributed by atoms with Crippen molar-refractivity contribution in [1.82, 2.24) is 4.90 Å². The molecule has 1 saturated carbocycles. The highest BCUT2D eigenvalue weighted by Crippen LogP contribution is 2.37. The van der Waals surface area contributed by atoms with Crippen molar-refractivity contribution in [2.75, 3.05) is 6.54 Å². The Balaban J connectivity index is 1.51. The van der Waals surface area contributed by atoms with Crippen LogP contribution in [0.2, 0.25) is 0 Å². The van der Waals surface area contributed by atoms with Gasteiger partial charge in [-0.25, -0.2) is 0 Å². The number of Topliss-reactive ketones (excluding diaryl/α,β-unsaturated/α-hetero) is 2. The average molecular weight is 339 g/mol. The lowest BCUT2D eigenvalue weighted by Gasteiger charge is -2.44. The number of amides is 1. The number of fused-ring (bicyclic) bond motifs is 2. The number of piperidine rings is 1. The van der Waals surface area contributed by atoms with Crippen LogP contribution in [0.1, 0.15) is 71.2 Å². The zero-order valence-electron chi connectivity index (χ0n) is 14.8. The fourth-order valence-electron chi connectivity index (χ4n) is 4.98. The van der Waals surface area contributed by atoms with Crippen LogP contribution >= 0.6 is 0 Å². The molecule has 4 rings (SSSR count). The number of aryl methyl sites for hydroxylation is 1. The van der Waals surface area contributed by atoms with Crippen molar-refractivity contribution < 1.29 is 14.4 Å². The molecule has 1 saturated heterocycles. The number of hydrogen-bond acceptors (Lipinski definition) is 3. The summed E-state index contributed by atoms with van der Waals surface area (Å²) in [5.41, 5.74) is 1.95. The third-order valence-corrected chi connectivity index (χ3v) is 6.28. The molecule has 3 atom stereocenters. The number of rotatable bonds is 2. The minimum absolute atomic E-state index is 0.00664. The highest BCUT2D eigenvalue weighted by atomic mass is 16.2. The molecule has 4 heteroatoms. The van der Waals surface area contributed by atoms with Gasteiger partial charge in [0.1, 0.15) is 0 Å². The zero-order chi connectivity index (χ0) is 17.6. The molecule has 2 aliphatic carbocycles. The fraction of sp³-hybridized carbons (Fsp3) is 0.571. The van der Waals surface area contributed by atoms with Crippen LogP contribution < -0.4 is 0 Å². The quantitative estimate of drug-likeness (QED) is 0.774. The van der Waals surface area contributed by atoms with E-state index in [9.17, 15) is 14.4 Å². The van der Waals surface area contributed by atoms with Gasteiger partial charge in [-0.15, -0.1) is 0 Å². The van der Waals surface area contributed by atoms with Crippen molar-refractivity contribution in [2.24, 2.45) is 11.8 Å². The molecule has 0 bridgehead atoms. The molecule has 0 aromatic heterocycles. The van der Waals surface area contributed by atoms with Gasteiger partial charge in [0.25, 0.3) is 0 Å². The van der Waals surface area contributed by atoms with Crippen LogP contribution in [0, 0.1) is 18.8 Å². The van der Waals surface area contributed by atoms with Crippen molar-refractivity contribution in [3.05, 3.63) is 34.9 Å². The van der Waals surface area contributed by atoms with E-state index in [1.165, 1.54) is 25.7 Å². The number of benzene rings is 1. The standard InChI is InChI=1S/C21H25NO3/c1-13-8-9-15-16(11-13)21(25)17(20(15)24)12-19(23)22-10-4-6-14-5-2-3-7-18(14)22/h8-9,11,14,17-18H,2-7,10,12H2,1H3. The molecule has 3 aliphatic rings. The predicted octanol–water partition coefficient (Wildman–Crippen LogP) is 3.56. The van der Waals surface area contributed by atoms with Crippen molar-refractivity contribution in [3.8, 4) is 0 Å². The maximum atomic E-state index is 12.9. The summed E-state index contributed by atoms with van der Waals surface area (Å²) in [4.78, 5) is 40.2. The Bertz CT molecular complexity index is 737. The number of carbonyl (C=O) groups is 3. The SMILES string of the molecule is Cc1ccc2c(c1)C(=O)C(CC(=O)N1CCCC3CCCCC31)C2=O. The van der Waals surface area contributed by atoms with Crippen LogP contribution in [-0.2, 0) is 4.79 Å². The van der Waals surface area contributed by atoms with Crippen LogP contribution in [0.15, 0.2) is 18.2 Å². The third-order valence-electron chi connectivity index (χ3n) is 6.28. The number of nitrogens with zero attached hydrogens (tertiary/aromatic N) is 1. The number of ketones is 2. The number of likely N-dealkylation sites (tertiary alicyclic amines) is 1. The normalized spacial score (nSPS) is 28.7. The summed E-state index contributed by atoms with van der Waals surface area (Å²) in [5.74, 6) is -0.554. The second-order valence-electron chi connectivity index (χ2n) is 7.88. The van der Waals surface area contributed by atoms with Gasteiger partial charge in [0, 0.05) is 30.1 Å². The number of carbonyl (C=O) groups excluding carboxylic acids is 3. The monoisotopic (exact) mass is 339 g/mol. The minimum Gasteiger partial charge on any atom is -0.339 e. The summed E-state index contributed by atoms with van der Waals surface area (Å²) in [6.07, 6.45) is 7.01. The molecule has 0 N–H and O–H groups in total. The Hall–Kier alpha value is -1.97. The summed E-state index contributed by atoms with van der Waals surface area (Å²) >= 11 is 0. The predicted molar refractivity (Wildman–Crippen MR) is 94.6 cm³/mol. The second kappa shape index (κ2) is 6.40. The molecule has 2 fully saturated rings. The van der Waals surface area contributed by atoms with Crippen LogP contribution in [0.25, 0.3) is 0 Å². The molecule has 1 aliphatic heterocycles. The molecular weight excluding hydrogens is 314 g/mol. The van der Waals surface area contributed by atoms with Gasteiger partial charge in [-0.1, -0.05) is 30.5 Å². The van der Waals surface area contributed by atoms with Gasteiger partial charge >= 0.3 is 0 Å². The van der Waals surface area contributed by atoms with Gasteiger partial charge in [-0.05, 0) is 44.6 Å². The topological polar surface area (TPSA) is 54.5 Å². The summed E-state index contributed by atoms with van der Waals surface area (Å²) in [6.45, 7) is 2.69. The Morgan fingerprint density at radius 2 is 1.76 bits per heavy atom. The van der Waals surface area contributed by atoms with E-state index in [1.807, 2.05) is 17.9 Å². The van der Waals surface area contributed by atoms with Gasteiger partial charge in [0.05, 0.1) is 5.92 Å². The fourth-order valence-corrected chi connectivity index (χ4v) is 4.98. The van der Waals surface area contributed by atoms with Gasteiger partial charge in [-0.3, -0.25) is 14.4 Å². The third kappa shape index (κ3) is 2.82. The Labute approximate surface area is 148 Å². The highest BCUT2D eigenvalue weighted by Gasteiger charge is 2.42. The second-order valence-corrected chi connectivity index (χ2v) is 7.88. The molecular formula is C21H25NO3. The van der Waals surface area contributed by atoms with Crippen molar-refractivity contribution >= 4 is 17.5 Å². The molecule has 3 unspecified atom stereocenters. The Kier molecular flexibility index (Phi) is 4.22. The molecule has 25 heavy (non-hydrogen) atoms. The molecule has 1 heterocycles. The van der Waals surface area contributed by atoms with E-state index in [0.717, 1.165) is 24.9 Å². The maximum absolute atomic E-state index is 12.9. The summed E-state index contributed by atoms with van der Waals surface area (Å²) in [6, 6.07) is 5.68. The molecule has 4 nitrogen and oxygen atoms in total. The summed E-state index contributed by atoms with van der Waals surface area (Å²) < 4.78 is 0. The highest BCUT2D eigenvalue weighted by molar-refractivity contribution is 6.27. The van der Waals surface area contributed by atoms with Gasteiger partial charge in [0.2, 0.25) is 5.91 Å². The minimum atomic E-state index is -0.812. The zero-order valence-corrected chi connectivity index (χ0v) is 14.8. The van der Waals surface area contributed by atoms with Gasteiger partial charge in [0.15, 0.2) is 11.6 Å². The molecule has 1 amide bonds. The van der Waals surface area contributed by atoms with E-state index in [1.54, 1.807) is 12.1 Å². The van der Waals surface area contributed by atoms with Crippen LogP contribution in [0.4, 0.5) is 0 Å². The van der Waals surface area contributed by atoms with E-state index < -0.39 is 5.92 Å².